The van der Waals surface area contributed by atoms with E-state index >= 15 is 0 Å². The van der Waals surface area contributed by atoms with E-state index in [0.717, 1.165) is 18.2 Å². The highest BCUT2D eigenvalue weighted by Crippen LogP contribution is 2.37. The molecule has 0 radical (unpaired) electrons. The van der Waals surface area contributed by atoms with Gasteiger partial charge in [-0.3, -0.25) is 4.79 Å². The molecule has 2 aliphatic heterocycles. The third kappa shape index (κ3) is 5.31. The number of ether oxygens (including phenoxy) is 3. The molecule has 0 aromatic heterocycles. The van der Waals surface area contributed by atoms with Gasteiger partial charge >= 0.3 is 6.16 Å². The van der Waals surface area contributed by atoms with Gasteiger partial charge < -0.3 is 29.5 Å². The Bertz CT molecular complexity index is 1160. The lowest BCUT2D eigenvalue weighted by Gasteiger charge is -2.44. The molecular formula is C24H24ClF3N2O6. The summed E-state index contributed by atoms with van der Waals surface area (Å²) in [6, 6.07) is 4.43. The number of hydrogen-bond acceptors (Lipinski definition) is 7. The van der Waals surface area contributed by atoms with Gasteiger partial charge in [0.25, 0.3) is 0 Å². The lowest BCUT2D eigenvalue weighted by atomic mass is 9.88. The Morgan fingerprint density at radius 1 is 1.22 bits per heavy atom. The van der Waals surface area contributed by atoms with Gasteiger partial charge in [-0.25, -0.2) is 18.0 Å². The molecule has 1 fully saturated rings. The summed E-state index contributed by atoms with van der Waals surface area (Å²) in [5.41, 5.74) is -1.70. The fraction of sp³-hybridized carbons (Fsp3) is 0.417. The van der Waals surface area contributed by atoms with Crippen LogP contribution in [-0.4, -0.2) is 55.2 Å². The fourth-order valence-electron chi connectivity index (χ4n) is 4.33. The number of piperidine rings is 1. The molecule has 12 heteroatoms. The summed E-state index contributed by atoms with van der Waals surface area (Å²) in [6.45, 7) is 0.917. The average Bonchev–Trinajstić information content (AvgIpc) is 2.81. The van der Waals surface area contributed by atoms with Gasteiger partial charge in [0.2, 0.25) is 5.91 Å². The molecule has 2 aromatic carbocycles. The minimum absolute atomic E-state index is 0.00436. The van der Waals surface area contributed by atoms with E-state index in [1.807, 2.05) is 0 Å². The summed E-state index contributed by atoms with van der Waals surface area (Å²) < 4.78 is 59.3. The summed E-state index contributed by atoms with van der Waals surface area (Å²) >= 11 is 5.72. The number of nitrogens with one attached hydrogen (secondary N) is 1. The van der Waals surface area contributed by atoms with Crippen molar-refractivity contribution in [1.29, 1.82) is 0 Å². The molecule has 2 N–H and O–H groups in total. The molecular weight excluding hydrogens is 505 g/mol. The predicted molar refractivity (Wildman–Crippen MR) is 124 cm³/mol. The lowest BCUT2D eigenvalue weighted by molar-refractivity contribution is -0.122. The zero-order valence-corrected chi connectivity index (χ0v) is 20.0. The minimum Gasteiger partial charge on any atom is -0.490 e. The smallest absolute Gasteiger partial charge is 0.490 e. The average molecular weight is 529 g/mol. The van der Waals surface area contributed by atoms with Crippen LogP contribution in [0.15, 0.2) is 24.3 Å². The molecule has 2 aromatic rings. The van der Waals surface area contributed by atoms with E-state index in [2.05, 4.69) is 5.32 Å². The molecule has 1 amide bonds. The van der Waals surface area contributed by atoms with Crippen molar-refractivity contribution >= 4 is 35.0 Å². The molecule has 1 saturated heterocycles. The first-order valence-corrected chi connectivity index (χ1v) is 11.7. The Labute approximate surface area is 209 Å². The lowest BCUT2D eigenvalue weighted by Crippen LogP contribution is -2.60. The van der Waals surface area contributed by atoms with Gasteiger partial charge in [-0.1, -0.05) is 11.6 Å². The Kier molecular flexibility index (Phi) is 7.51. The Hall–Kier alpha value is -3.18. The second kappa shape index (κ2) is 10.4. The molecule has 4 rings (SSSR count). The molecule has 0 spiro atoms. The molecule has 0 bridgehead atoms. The monoisotopic (exact) mass is 528 g/mol. The normalized spacial score (nSPS) is 21.4. The van der Waals surface area contributed by atoms with Crippen molar-refractivity contribution in [2.24, 2.45) is 0 Å². The zero-order valence-electron chi connectivity index (χ0n) is 19.3. The van der Waals surface area contributed by atoms with Crippen LogP contribution in [-0.2, 0) is 20.7 Å². The van der Waals surface area contributed by atoms with Crippen molar-refractivity contribution in [3.8, 4) is 5.75 Å². The number of aliphatic hydroxyl groups is 1. The Morgan fingerprint density at radius 3 is 2.64 bits per heavy atom. The van der Waals surface area contributed by atoms with Crippen molar-refractivity contribution < 1.29 is 42.1 Å². The van der Waals surface area contributed by atoms with Crippen LogP contribution in [0.1, 0.15) is 25.3 Å². The van der Waals surface area contributed by atoms with E-state index in [0.29, 0.717) is 5.56 Å². The topological polar surface area (TPSA) is 97.3 Å². The second-order valence-corrected chi connectivity index (χ2v) is 8.98. The second-order valence-electron chi connectivity index (χ2n) is 8.54. The van der Waals surface area contributed by atoms with Gasteiger partial charge in [-0.15, -0.1) is 0 Å². The van der Waals surface area contributed by atoms with Crippen molar-refractivity contribution in [1.82, 2.24) is 0 Å². The van der Waals surface area contributed by atoms with Gasteiger partial charge in [0.05, 0.1) is 18.8 Å². The molecule has 36 heavy (non-hydrogen) atoms. The first-order valence-electron chi connectivity index (χ1n) is 11.3. The van der Waals surface area contributed by atoms with Crippen molar-refractivity contribution in [3.05, 3.63) is 52.3 Å². The van der Waals surface area contributed by atoms with E-state index in [9.17, 15) is 27.9 Å². The molecule has 0 aliphatic carbocycles. The predicted octanol–water partition coefficient (Wildman–Crippen LogP) is 4.20. The summed E-state index contributed by atoms with van der Waals surface area (Å²) in [5, 5.41) is 13.8. The van der Waals surface area contributed by atoms with Gasteiger partial charge in [0.1, 0.15) is 29.5 Å². The van der Waals surface area contributed by atoms with Crippen molar-refractivity contribution in [2.75, 3.05) is 36.5 Å². The number of benzene rings is 2. The van der Waals surface area contributed by atoms with Crippen molar-refractivity contribution in [2.45, 2.75) is 37.9 Å². The maximum absolute atomic E-state index is 14.5. The number of rotatable bonds is 6. The number of hydrogen-bond donors (Lipinski definition) is 2. The molecule has 2 heterocycles. The van der Waals surface area contributed by atoms with Crippen LogP contribution < -0.4 is 15.0 Å². The van der Waals surface area contributed by atoms with E-state index in [1.165, 1.54) is 11.0 Å². The Balaban J connectivity index is 1.57. The zero-order chi connectivity index (χ0) is 26.0. The number of carbonyl (C=O) groups excluding carboxylic acids is 2. The summed E-state index contributed by atoms with van der Waals surface area (Å²) in [5.74, 6) is -2.51. The van der Waals surface area contributed by atoms with Crippen LogP contribution in [0.25, 0.3) is 0 Å². The number of fused-ring (bicyclic) bond motifs is 1. The molecule has 2 unspecified atom stereocenters. The van der Waals surface area contributed by atoms with Crippen LogP contribution in [0, 0.1) is 17.5 Å². The summed E-state index contributed by atoms with van der Waals surface area (Å²) in [6.07, 6.45) is -2.09. The van der Waals surface area contributed by atoms with Crippen LogP contribution in [0.2, 0.25) is 5.02 Å². The maximum atomic E-state index is 14.5. The quantitative estimate of drug-likeness (QED) is 0.542. The van der Waals surface area contributed by atoms with E-state index < -0.39 is 35.3 Å². The summed E-state index contributed by atoms with van der Waals surface area (Å²) in [7, 11) is 0. The SMILES string of the molecule is CCOC(=O)OC1CN(c2c(F)cc(Cl)cc2F)CCC1(O)COc1ccc(F)c2c1CCC(=O)N2. The largest absolute Gasteiger partial charge is 0.508 e. The summed E-state index contributed by atoms with van der Waals surface area (Å²) in [4.78, 5) is 25.1. The molecule has 0 saturated carbocycles. The van der Waals surface area contributed by atoms with Crippen LogP contribution in [0.3, 0.4) is 0 Å². The molecule has 2 aliphatic rings. The van der Waals surface area contributed by atoms with Gasteiger partial charge in [-0.05, 0) is 37.6 Å². The maximum Gasteiger partial charge on any atom is 0.508 e. The van der Waals surface area contributed by atoms with Gasteiger partial charge in [0.15, 0.2) is 17.7 Å². The van der Waals surface area contributed by atoms with E-state index in [-0.39, 0.29) is 73.6 Å². The molecule has 194 valence electrons. The third-order valence-corrected chi connectivity index (χ3v) is 6.38. The van der Waals surface area contributed by atoms with E-state index in [1.54, 1.807) is 6.92 Å². The minimum atomic E-state index is -1.78. The number of anilines is 2. The number of carbonyl (C=O) groups is 2. The number of halogens is 4. The first-order chi connectivity index (χ1) is 17.1. The number of amides is 1. The standard InChI is InChI=1S/C24H24ClF3N2O6/c1-2-34-23(32)36-19-11-30(22-16(27)9-13(25)10-17(22)28)8-7-24(19,33)12-35-18-5-4-15(26)21-14(18)3-6-20(31)29-21/h4-5,9-10,19,33H,2-3,6-8,11-12H2,1H3,(H,29,31). The third-order valence-electron chi connectivity index (χ3n) is 6.16. The molecule has 8 nitrogen and oxygen atoms in total. The van der Waals surface area contributed by atoms with Crippen LogP contribution in [0.5, 0.6) is 5.75 Å². The highest BCUT2D eigenvalue weighted by molar-refractivity contribution is 6.30. The highest BCUT2D eigenvalue weighted by Gasteiger charge is 2.46. The van der Waals surface area contributed by atoms with Crippen molar-refractivity contribution in [3.63, 3.8) is 0 Å². The van der Waals surface area contributed by atoms with Gasteiger partial charge in [0, 0.05) is 30.0 Å². The molecule has 2 atom stereocenters. The van der Waals surface area contributed by atoms with Gasteiger partial charge in [-0.2, -0.15) is 0 Å². The van der Waals surface area contributed by atoms with E-state index in [4.69, 9.17) is 25.8 Å². The fourth-order valence-corrected chi connectivity index (χ4v) is 4.52. The highest BCUT2D eigenvalue weighted by atomic mass is 35.5. The number of nitrogens with zero attached hydrogens (tertiary/aromatic N) is 1. The van der Waals surface area contributed by atoms with Crippen LogP contribution >= 0.6 is 11.6 Å². The Morgan fingerprint density at radius 2 is 1.94 bits per heavy atom. The first kappa shape index (κ1) is 25.9. The van der Waals surface area contributed by atoms with Crippen LogP contribution in [0.4, 0.5) is 29.3 Å².